The van der Waals surface area contributed by atoms with Crippen molar-refractivity contribution in [3.8, 4) is 0 Å². The summed E-state index contributed by atoms with van der Waals surface area (Å²) in [6.45, 7) is 4.28. The molecule has 0 amide bonds. The number of rotatable bonds is 22. The molecule has 2 atom stereocenters. The lowest BCUT2D eigenvalue weighted by atomic mass is 10.0. The summed E-state index contributed by atoms with van der Waals surface area (Å²) in [5.41, 5.74) is 0. The highest BCUT2D eigenvalue weighted by Gasteiger charge is 2.52. The molecule has 31 heavy (non-hydrogen) atoms. The van der Waals surface area contributed by atoms with Crippen LogP contribution in [0.2, 0.25) is 0 Å². The first-order chi connectivity index (χ1) is 14.8. The second-order valence-corrected chi connectivity index (χ2v) is 11.7. The molecule has 0 aliphatic carbocycles. The van der Waals surface area contributed by atoms with Crippen LogP contribution < -0.4 is 4.89 Å². The van der Waals surface area contributed by atoms with Gasteiger partial charge in [-0.05, 0) is 32.1 Å². The van der Waals surface area contributed by atoms with Crippen LogP contribution in [0.4, 0.5) is 0 Å². The molecule has 0 N–H and O–H groups in total. The summed E-state index contributed by atoms with van der Waals surface area (Å²) >= 11 is 0. The standard InChI is InChI=1S/C27H55NO2P/c1-6-8-9-10-11-12-13-14-15-16-17-18-19-20-21-22-23-24-25-26-27(7-2,31(29)30)28(3,4)5/h12-13H,6-11,14-26H2,1-5H3/q+1/b13-12-. The predicted octanol–water partition coefficient (Wildman–Crippen LogP) is 8.50. The highest BCUT2D eigenvalue weighted by Crippen LogP contribution is 2.44. The molecule has 3 nitrogen and oxygen atoms in total. The monoisotopic (exact) mass is 456 g/mol. The van der Waals surface area contributed by atoms with Gasteiger partial charge in [0.15, 0.2) is 0 Å². The van der Waals surface area contributed by atoms with Gasteiger partial charge < -0.3 is 4.89 Å². The van der Waals surface area contributed by atoms with E-state index in [0.29, 0.717) is 10.9 Å². The molecule has 0 saturated heterocycles. The highest BCUT2D eigenvalue weighted by atomic mass is 31.1. The summed E-state index contributed by atoms with van der Waals surface area (Å²) in [5, 5.41) is -0.597. The second kappa shape index (κ2) is 19.2. The van der Waals surface area contributed by atoms with Crippen LogP contribution in [0.25, 0.3) is 0 Å². The minimum Gasteiger partial charge on any atom is -0.590 e. The maximum Gasteiger partial charge on any atom is 0.376 e. The van der Waals surface area contributed by atoms with Crippen molar-refractivity contribution in [2.75, 3.05) is 21.1 Å². The van der Waals surface area contributed by atoms with Gasteiger partial charge in [0, 0.05) is 12.8 Å². The molecule has 4 heteroatoms. The molecule has 2 unspecified atom stereocenters. The van der Waals surface area contributed by atoms with Crippen LogP contribution in [0.15, 0.2) is 12.2 Å². The van der Waals surface area contributed by atoms with Crippen molar-refractivity contribution in [3.63, 3.8) is 0 Å². The maximum absolute atomic E-state index is 11.9. The Hall–Kier alpha value is -0.240. The third-order valence-corrected chi connectivity index (χ3v) is 8.81. The third kappa shape index (κ3) is 14.5. The molecule has 0 heterocycles. The van der Waals surface area contributed by atoms with Gasteiger partial charge >= 0.3 is 8.03 Å². The lowest BCUT2D eigenvalue weighted by molar-refractivity contribution is -0.910. The van der Waals surface area contributed by atoms with Gasteiger partial charge in [-0.2, -0.15) is 0 Å². The molecule has 0 fully saturated rings. The molecule has 0 aromatic rings. The van der Waals surface area contributed by atoms with Crippen LogP contribution in [-0.2, 0) is 4.57 Å². The normalized spacial score (nSPS) is 14.8. The summed E-state index contributed by atoms with van der Waals surface area (Å²) < 4.78 is 12.5. The van der Waals surface area contributed by atoms with Gasteiger partial charge in [0.1, 0.15) is 0 Å². The van der Waals surface area contributed by atoms with E-state index in [0.717, 1.165) is 19.3 Å². The number of unbranched alkanes of at least 4 members (excludes halogenated alkanes) is 15. The molecule has 0 rings (SSSR count). The molecule has 0 aliphatic rings. The Morgan fingerprint density at radius 2 is 1.06 bits per heavy atom. The van der Waals surface area contributed by atoms with Crippen molar-refractivity contribution in [2.45, 2.75) is 141 Å². The third-order valence-electron chi connectivity index (χ3n) is 6.99. The first-order valence-corrected chi connectivity index (χ1v) is 14.6. The van der Waals surface area contributed by atoms with Gasteiger partial charge in [0.05, 0.1) is 21.1 Å². The quantitative estimate of drug-likeness (QED) is 0.0709. The molecule has 0 aromatic carbocycles. The van der Waals surface area contributed by atoms with E-state index >= 15 is 0 Å². The van der Waals surface area contributed by atoms with E-state index in [1.807, 2.05) is 28.1 Å². The summed E-state index contributed by atoms with van der Waals surface area (Å²) in [5.74, 6) is 0. The highest BCUT2D eigenvalue weighted by molar-refractivity contribution is 7.38. The number of hydrogen-bond donors (Lipinski definition) is 0. The van der Waals surface area contributed by atoms with E-state index in [1.54, 1.807) is 0 Å². The summed E-state index contributed by atoms with van der Waals surface area (Å²) in [6.07, 6.45) is 28.6. The molecule has 0 aromatic heterocycles. The molecule has 0 saturated carbocycles. The zero-order chi connectivity index (χ0) is 23.4. The lowest BCUT2D eigenvalue weighted by Gasteiger charge is -2.39. The van der Waals surface area contributed by atoms with E-state index in [1.165, 1.54) is 96.3 Å². The number of quaternary nitrogens is 1. The average molecular weight is 457 g/mol. The Morgan fingerprint density at radius 1 is 0.677 bits per heavy atom. The van der Waals surface area contributed by atoms with Crippen LogP contribution >= 0.6 is 8.03 Å². The van der Waals surface area contributed by atoms with Crippen LogP contribution in [0.5, 0.6) is 0 Å². The number of nitrogens with zero attached hydrogens (tertiary/aromatic N) is 1. The zero-order valence-electron chi connectivity index (χ0n) is 21.8. The van der Waals surface area contributed by atoms with Crippen molar-refractivity contribution >= 4 is 8.03 Å². The number of hydrogen-bond acceptors (Lipinski definition) is 2. The minimum atomic E-state index is -2.41. The van der Waals surface area contributed by atoms with Gasteiger partial charge in [0.25, 0.3) is 5.28 Å². The van der Waals surface area contributed by atoms with Crippen molar-refractivity contribution in [1.82, 2.24) is 0 Å². The Labute approximate surface area is 196 Å². The van der Waals surface area contributed by atoms with Crippen molar-refractivity contribution < 1.29 is 13.9 Å². The summed E-state index contributed by atoms with van der Waals surface area (Å²) in [4.78, 5) is 11.9. The fourth-order valence-electron chi connectivity index (χ4n) is 4.64. The van der Waals surface area contributed by atoms with E-state index in [9.17, 15) is 9.46 Å². The van der Waals surface area contributed by atoms with Crippen LogP contribution in [-0.4, -0.2) is 30.9 Å². The Kier molecular flexibility index (Phi) is 19.1. The number of allylic oxidation sites excluding steroid dienone is 2. The predicted molar refractivity (Wildman–Crippen MR) is 137 cm³/mol. The largest absolute Gasteiger partial charge is 0.590 e. The van der Waals surface area contributed by atoms with Gasteiger partial charge in [0.2, 0.25) is 0 Å². The van der Waals surface area contributed by atoms with Crippen molar-refractivity contribution in [2.24, 2.45) is 0 Å². The topological polar surface area (TPSA) is 40.1 Å². The fourth-order valence-corrected chi connectivity index (χ4v) is 5.73. The smallest absolute Gasteiger partial charge is 0.376 e. The molecular weight excluding hydrogens is 401 g/mol. The van der Waals surface area contributed by atoms with Crippen LogP contribution in [0, 0.1) is 0 Å². The van der Waals surface area contributed by atoms with E-state index in [4.69, 9.17) is 0 Å². The second-order valence-electron chi connectivity index (χ2n) is 10.4. The first kappa shape index (κ1) is 30.8. The molecular formula is C27H55NO2P+. The average Bonchev–Trinajstić information content (AvgIpc) is 2.71. The van der Waals surface area contributed by atoms with Crippen LogP contribution in [0.1, 0.15) is 136 Å². The fraction of sp³-hybridized carbons (Fsp3) is 0.926. The lowest BCUT2D eigenvalue weighted by Crippen LogP contribution is -2.55. The van der Waals surface area contributed by atoms with Gasteiger partial charge in [-0.1, -0.05) is 108 Å². The van der Waals surface area contributed by atoms with Crippen LogP contribution in [0.3, 0.4) is 0 Å². The van der Waals surface area contributed by atoms with E-state index in [2.05, 4.69) is 19.1 Å². The molecule has 0 bridgehead atoms. The molecule has 0 radical (unpaired) electrons. The van der Waals surface area contributed by atoms with Crippen molar-refractivity contribution in [1.29, 1.82) is 0 Å². The SMILES string of the molecule is CCCCCC/C=C\CCCCCCCCCCCCCC(CC)([P+](=O)[O-])[N+](C)(C)C. The summed E-state index contributed by atoms with van der Waals surface area (Å²) in [7, 11) is 3.63. The van der Waals surface area contributed by atoms with Gasteiger partial charge in [-0.15, -0.1) is 0 Å². The summed E-state index contributed by atoms with van der Waals surface area (Å²) in [6, 6.07) is 0. The Morgan fingerprint density at radius 3 is 1.42 bits per heavy atom. The van der Waals surface area contributed by atoms with E-state index < -0.39 is 13.3 Å². The zero-order valence-corrected chi connectivity index (χ0v) is 22.7. The minimum absolute atomic E-state index is 0.511. The molecule has 184 valence electrons. The Bertz CT molecular complexity index is 459. The first-order valence-electron chi connectivity index (χ1n) is 13.4. The van der Waals surface area contributed by atoms with Gasteiger partial charge in [-0.25, -0.2) is 0 Å². The van der Waals surface area contributed by atoms with E-state index in [-0.39, 0.29) is 0 Å². The molecule has 0 spiro atoms. The van der Waals surface area contributed by atoms with Crippen molar-refractivity contribution in [3.05, 3.63) is 12.2 Å². The Balaban J connectivity index is 3.53. The van der Waals surface area contributed by atoms with Gasteiger partial charge in [-0.3, -0.25) is 4.48 Å². The maximum atomic E-state index is 11.9. The molecule has 0 aliphatic heterocycles.